The summed E-state index contributed by atoms with van der Waals surface area (Å²) in [4.78, 5) is 4.36. The lowest BCUT2D eigenvalue weighted by molar-refractivity contribution is 0.721. The molecule has 5 heteroatoms. The van der Waals surface area contributed by atoms with Crippen LogP contribution in [0.4, 0.5) is 0 Å². The SMILES string of the molecule is CSCCNCc1cnc2cc(C)nn2c1. The third-order valence-corrected chi connectivity index (χ3v) is 2.91. The van der Waals surface area contributed by atoms with E-state index in [1.807, 2.05) is 41.7 Å². The second-order valence-electron chi connectivity index (χ2n) is 3.72. The molecule has 86 valence electrons. The van der Waals surface area contributed by atoms with Gasteiger partial charge in [0.25, 0.3) is 0 Å². The van der Waals surface area contributed by atoms with Gasteiger partial charge < -0.3 is 5.32 Å². The zero-order chi connectivity index (χ0) is 11.4. The molecule has 2 aromatic rings. The van der Waals surface area contributed by atoms with E-state index in [0.717, 1.165) is 35.7 Å². The van der Waals surface area contributed by atoms with Crippen LogP contribution in [-0.2, 0) is 6.54 Å². The van der Waals surface area contributed by atoms with Crippen molar-refractivity contribution >= 4 is 17.4 Å². The lowest BCUT2D eigenvalue weighted by atomic mass is 10.3. The number of fused-ring (bicyclic) bond motifs is 1. The number of nitrogens with zero attached hydrogens (tertiary/aromatic N) is 3. The van der Waals surface area contributed by atoms with Crippen molar-refractivity contribution in [3.63, 3.8) is 0 Å². The van der Waals surface area contributed by atoms with E-state index >= 15 is 0 Å². The van der Waals surface area contributed by atoms with Crippen LogP contribution in [-0.4, -0.2) is 33.2 Å². The minimum absolute atomic E-state index is 0.850. The first-order valence-electron chi connectivity index (χ1n) is 5.30. The van der Waals surface area contributed by atoms with Crippen molar-refractivity contribution in [3.8, 4) is 0 Å². The van der Waals surface area contributed by atoms with Gasteiger partial charge in [0.1, 0.15) is 0 Å². The highest BCUT2D eigenvalue weighted by atomic mass is 32.2. The molecule has 0 amide bonds. The maximum Gasteiger partial charge on any atom is 0.155 e. The number of hydrogen-bond donors (Lipinski definition) is 1. The number of nitrogens with one attached hydrogen (secondary N) is 1. The standard InChI is InChI=1S/C11H16N4S/c1-9-5-11-13-7-10(8-15(11)14-9)6-12-3-4-16-2/h5,7-8,12H,3-4,6H2,1-2H3. The normalized spacial score (nSPS) is 11.1. The summed E-state index contributed by atoms with van der Waals surface area (Å²) in [7, 11) is 0. The maximum atomic E-state index is 4.36. The molecule has 0 aliphatic rings. The Morgan fingerprint density at radius 2 is 2.38 bits per heavy atom. The Morgan fingerprint density at radius 1 is 1.50 bits per heavy atom. The highest BCUT2D eigenvalue weighted by Crippen LogP contribution is 2.04. The highest BCUT2D eigenvalue weighted by molar-refractivity contribution is 7.98. The number of rotatable bonds is 5. The van der Waals surface area contributed by atoms with Crippen molar-refractivity contribution in [3.05, 3.63) is 29.7 Å². The smallest absolute Gasteiger partial charge is 0.155 e. The van der Waals surface area contributed by atoms with E-state index in [9.17, 15) is 0 Å². The molecule has 0 saturated heterocycles. The Hall–Kier alpha value is -1.07. The third kappa shape index (κ3) is 2.74. The number of aryl methyl sites for hydroxylation is 1. The van der Waals surface area contributed by atoms with Gasteiger partial charge in [0, 0.05) is 42.9 Å². The molecule has 0 unspecified atom stereocenters. The van der Waals surface area contributed by atoms with Crippen LogP contribution in [0, 0.1) is 6.92 Å². The first-order chi connectivity index (χ1) is 7.79. The molecule has 2 rings (SSSR count). The zero-order valence-corrected chi connectivity index (χ0v) is 10.4. The molecule has 0 aliphatic heterocycles. The Bertz CT molecular complexity index is 466. The maximum absolute atomic E-state index is 4.36. The average molecular weight is 236 g/mol. The predicted octanol–water partition coefficient (Wildman–Crippen LogP) is 1.49. The van der Waals surface area contributed by atoms with E-state index < -0.39 is 0 Å². The number of thioether (sulfide) groups is 1. The predicted molar refractivity (Wildman–Crippen MR) is 67.8 cm³/mol. The molecule has 4 nitrogen and oxygen atoms in total. The topological polar surface area (TPSA) is 42.2 Å². The van der Waals surface area contributed by atoms with E-state index in [0.29, 0.717) is 0 Å². The van der Waals surface area contributed by atoms with Crippen molar-refractivity contribution in [1.29, 1.82) is 0 Å². The van der Waals surface area contributed by atoms with Crippen LogP contribution in [0.2, 0.25) is 0 Å². The van der Waals surface area contributed by atoms with Gasteiger partial charge in [-0.3, -0.25) is 0 Å². The Labute approximate surface area is 99.5 Å². The van der Waals surface area contributed by atoms with Crippen LogP contribution < -0.4 is 5.32 Å². The fourth-order valence-electron chi connectivity index (χ4n) is 1.53. The second kappa shape index (κ2) is 5.32. The lowest BCUT2D eigenvalue weighted by Gasteiger charge is -2.03. The average Bonchev–Trinajstić information content (AvgIpc) is 2.64. The van der Waals surface area contributed by atoms with Crippen molar-refractivity contribution in [1.82, 2.24) is 19.9 Å². The minimum atomic E-state index is 0.850. The fraction of sp³-hybridized carbons (Fsp3) is 0.455. The first kappa shape index (κ1) is 11.4. The Balaban J connectivity index is 2.02. The van der Waals surface area contributed by atoms with Gasteiger partial charge >= 0.3 is 0 Å². The molecular formula is C11H16N4S. The van der Waals surface area contributed by atoms with E-state index in [2.05, 4.69) is 21.7 Å². The monoisotopic (exact) mass is 236 g/mol. The number of aromatic nitrogens is 3. The van der Waals surface area contributed by atoms with Crippen LogP contribution >= 0.6 is 11.8 Å². The summed E-state index contributed by atoms with van der Waals surface area (Å²) in [6.07, 6.45) is 6.05. The van der Waals surface area contributed by atoms with E-state index in [1.54, 1.807) is 0 Å². The fourth-order valence-corrected chi connectivity index (χ4v) is 1.88. The summed E-state index contributed by atoms with van der Waals surface area (Å²) in [5.74, 6) is 1.14. The van der Waals surface area contributed by atoms with Crippen molar-refractivity contribution < 1.29 is 0 Å². The number of hydrogen-bond acceptors (Lipinski definition) is 4. The molecule has 0 fully saturated rings. The Kier molecular flexibility index (Phi) is 3.79. The van der Waals surface area contributed by atoms with Crippen molar-refractivity contribution in [2.45, 2.75) is 13.5 Å². The van der Waals surface area contributed by atoms with E-state index in [1.165, 1.54) is 0 Å². The van der Waals surface area contributed by atoms with E-state index in [-0.39, 0.29) is 0 Å². The molecule has 2 heterocycles. The second-order valence-corrected chi connectivity index (χ2v) is 4.71. The summed E-state index contributed by atoms with van der Waals surface area (Å²) in [6, 6.07) is 1.98. The van der Waals surface area contributed by atoms with Gasteiger partial charge in [-0.15, -0.1) is 0 Å². The summed E-state index contributed by atoms with van der Waals surface area (Å²) >= 11 is 1.85. The van der Waals surface area contributed by atoms with Gasteiger partial charge in [0.05, 0.1) is 5.69 Å². The molecule has 0 bridgehead atoms. The molecule has 0 saturated carbocycles. The molecule has 0 radical (unpaired) electrons. The van der Waals surface area contributed by atoms with E-state index in [4.69, 9.17) is 0 Å². The molecule has 0 atom stereocenters. The van der Waals surface area contributed by atoms with Crippen LogP contribution in [0.5, 0.6) is 0 Å². The highest BCUT2D eigenvalue weighted by Gasteiger charge is 2.00. The molecule has 0 aliphatic carbocycles. The van der Waals surface area contributed by atoms with Crippen LogP contribution in [0.15, 0.2) is 18.5 Å². The first-order valence-corrected chi connectivity index (χ1v) is 6.69. The molecule has 2 aromatic heterocycles. The lowest BCUT2D eigenvalue weighted by Crippen LogP contribution is -2.16. The Morgan fingerprint density at radius 3 is 3.19 bits per heavy atom. The summed E-state index contributed by atoms with van der Waals surface area (Å²) in [5, 5.41) is 7.71. The molecule has 0 aromatic carbocycles. The third-order valence-electron chi connectivity index (χ3n) is 2.30. The largest absolute Gasteiger partial charge is 0.312 e. The quantitative estimate of drug-likeness (QED) is 0.799. The van der Waals surface area contributed by atoms with Gasteiger partial charge in [0.2, 0.25) is 0 Å². The molecule has 0 spiro atoms. The van der Waals surface area contributed by atoms with Crippen LogP contribution in [0.3, 0.4) is 0 Å². The van der Waals surface area contributed by atoms with Crippen molar-refractivity contribution in [2.75, 3.05) is 18.6 Å². The van der Waals surface area contributed by atoms with Gasteiger partial charge in [-0.25, -0.2) is 9.50 Å². The van der Waals surface area contributed by atoms with Gasteiger partial charge in [-0.2, -0.15) is 16.9 Å². The van der Waals surface area contributed by atoms with Crippen LogP contribution in [0.25, 0.3) is 5.65 Å². The summed E-state index contributed by atoms with van der Waals surface area (Å²) < 4.78 is 1.83. The van der Waals surface area contributed by atoms with Gasteiger partial charge in [-0.05, 0) is 13.2 Å². The minimum Gasteiger partial charge on any atom is -0.312 e. The summed E-state index contributed by atoms with van der Waals surface area (Å²) in [5.41, 5.74) is 3.07. The van der Waals surface area contributed by atoms with Crippen LogP contribution in [0.1, 0.15) is 11.3 Å². The molecule has 1 N–H and O–H groups in total. The van der Waals surface area contributed by atoms with Gasteiger partial charge in [0.15, 0.2) is 5.65 Å². The summed E-state index contributed by atoms with van der Waals surface area (Å²) in [6.45, 7) is 3.85. The molecule has 16 heavy (non-hydrogen) atoms. The van der Waals surface area contributed by atoms with Gasteiger partial charge in [-0.1, -0.05) is 0 Å². The zero-order valence-electron chi connectivity index (χ0n) is 9.60. The molecular weight excluding hydrogens is 220 g/mol. The van der Waals surface area contributed by atoms with Crippen molar-refractivity contribution in [2.24, 2.45) is 0 Å².